The highest BCUT2D eigenvalue weighted by Gasteiger charge is 2.27. The third-order valence-electron chi connectivity index (χ3n) is 3.25. The van der Waals surface area contributed by atoms with Crippen LogP contribution in [-0.2, 0) is 9.53 Å². The Balaban J connectivity index is 2.29. The first kappa shape index (κ1) is 14.4. The molecule has 0 bridgehead atoms. The molecule has 1 aliphatic rings. The molecule has 17 heavy (non-hydrogen) atoms. The van der Waals surface area contributed by atoms with Gasteiger partial charge in [-0.25, -0.2) is 0 Å². The van der Waals surface area contributed by atoms with Crippen LogP contribution in [-0.4, -0.2) is 62.8 Å². The van der Waals surface area contributed by atoms with Crippen molar-refractivity contribution in [1.29, 1.82) is 0 Å². The van der Waals surface area contributed by atoms with Crippen LogP contribution >= 0.6 is 0 Å². The highest BCUT2D eigenvalue weighted by molar-refractivity contribution is 5.81. The Kier molecular flexibility index (Phi) is 6.47. The number of nitrogens with zero attached hydrogens (tertiary/aromatic N) is 1. The molecule has 0 aromatic carbocycles. The highest BCUT2D eigenvalue weighted by Crippen LogP contribution is 2.07. The molecule has 5 heteroatoms. The topological polar surface area (TPSA) is 53.6 Å². The Bertz CT molecular complexity index is 236. The average molecular weight is 243 g/mol. The van der Waals surface area contributed by atoms with Crippen LogP contribution in [0, 0.1) is 0 Å². The smallest absolute Gasteiger partial charge is 0.237 e. The van der Waals surface area contributed by atoms with E-state index in [-0.39, 0.29) is 11.9 Å². The third kappa shape index (κ3) is 4.61. The fourth-order valence-corrected chi connectivity index (χ4v) is 2.16. The van der Waals surface area contributed by atoms with Gasteiger partial charge in [0.15, 0.2) is 0 Å². The van der Waals surface area contributed by atoms with Crippen LogP contribution in [0.25, 0.3) is 0 Å². The second-order valence-corrected chi connectivity index (χ2v) is 4.60. The molecule has 1 aliphatic heterocycles. The molecular formula is C12H25N3O2. The van der Waals surface area contributed by atoms with E-state index in [9.17, 15) is 4.79 Å². The van der Waals surface area contributed by atoms with Crippen molar-refractivity contribution in [3.63, 3.8) is 0 Å². The molecule has 1 saturated heterocycles. The van der Waals surface area contributed by atoms with E-state index >= 15 is 0 Å². The Labute approximate surface area is 104 Å². The predicted molar refractivity (Wildman–Crippen MR) is 68.0 cm³/mol. The van der Waals surface area contributed by atoms with Gasteiger partial charge >= 0.3 is 0 Å². The van der Waals surface area contributed by atoms with Crippen LogP contribution in [0.1, 0.15) is 20.3 Å². The lowest BCUT2D eigenvalue weighted by molar-refractivity contribution is -0.127. The van der Waals surface area contributed by atoms with Crippen molar-refractivity contribution in [3.05, 3.63) is 0 Å². The molecule has 100 valence electrons. The quantitative estimate of drug-likeness (QED) is 0.636. The first-order valence-electron chi connectivity index (χ1n) is 6.40. The van der Waals surface area contributed by atoms with E-state index in [4.69, 9.17) is 4.74 Å². The number of carbonyl (C=O) groups excluding carboxylic acids is 1. The van der Waals surface area contributed by atoms with Crippen molar-refractivity contribution >= 4 is 5.91 Å². The van der Waals surface area contributed by atoms with Crippen LogP contribution in [0.4, 0.5) is 0 Å². The minimum Gasteiger partial charge on any atom is -0.385 e. The lowest BCUT2D eigenvalue weighted by Crippen LogP contribution is -2.57. The maximum Gasteiger partial charge on any atom is 0.237 e. The van der Waals surface area contributed by atoms with E-state index in [1.165, 1.54) is 0 Å². The molecule has 0 aromatic heterocycles. The third-order valence-corrected chi connectivity index (χ3v) is 3.25. The number of nitrogens with one attached hydrogen (secondary N) is 2. The fraction of sp³-hybridized carbons (Fsp3) is 0.917. The summed E-state index contributed by atoms with van der Waals surface area (Å²) >= 11 is 0. The first-order valence-corrected chi connectivity index (χ1v) is 6.40. The van der Waals surface area contributed by atoms with Crippen molar-refractivity contribution < 1.29 is 9.53 Å². The van der Waals surface area contributed by atoms with Crippen molar-refractivity contribution in [1.82, 2.24) is 15.5 Å². The Morgan fingerprint density at radius 3 is 3.06 bits per heavy atom. The zero-order chi connectivity index (χ0) is 12.7. The number of hydrogen-bond donors (Lipinski definition) is 2. The molecule has 0 aromatic rings. The Morgan fingerprint density at radius 2 is 2.41 bits per heavy atom. The zero-order valence-electron chi connectivity index (χ0n) is 11.2. The van der Waals surface area contributed by atoms with Crippen molar-refractivity contribution in [2.45, 2.75) is 32.4 Å². The molecule has 1 heterocycles. The summed E-state index contributed by atoms with van der Waals surface area (Å²) in [6, 6.07) is 0.373. The van der Waals surface area contributed by atoms with Gasteiger partial charge in [0.2, 0.25) is 5.91 Å². The summed E-state index contributed by atoms with van der Waals surface area (Å²) in [4.78, 5) is 14.2. The van der Waals surface area contributed by atoms with Crippen LogP contribution in [0.5, 0.6) is 0 Å². The molecule has 0 radical (unpaired) electrons. The number of ether oxygens (including phenoxy) is 1. The first-order chi connectivity index (χ1) is 8.16. The largest absolute Gasteiger partial charge is 0.385 e. The maximum absolute atomic E-state index is 11.9. The van der Waals surface area contributed by atoms with Gasteiger partial charge in [0.1, 0.15) is 0 Å². The lowest BCUT2D eigenvalue weighted by atomic mass is 10.1. The number of amides is 1. The second kappa shape index (κ2) is 7.63. The van der Waals surface area contributed by atoms with Gasteiger partial charge < -0.3 is 15.4 Å². The van der Waals surface area contributed by atoms with Gasteiger partial charge in [-0.3, -0.25) is 9.69 Å². The van der Waals surface area contributed by atoms with Crippen LogP contribution < -0.4 is 10.6 Å². The molecule has 1 fully saturated rings. The van der Waals surface area contributed by atoms with E-state index in [1.807, 2.05) is 6.92 Å². The molecule has 1 rings (SSSR count). The van der Waals surface area contributed by atoms with Crippen molar-refractivity contribution in [2.24, 2.45) is 0 Å². The molecule has 0 spiro atoms. The summed E-state index contributed by atoms with van der Waals surface area (Å²) in [5.41, 5.74) is 0. The molecular weight excluding hydrogens is 218 g/mol. The zero-order valence-corrected chi connectivity index (χ0v) is 11.2. The molecule has 2 N–H and O–H groups in total. The summed E-state index contributed by atoms with van der Waals surface area (Å²) in [7, 11) is 1.67. The number of rotatable bonds is 6. The Hall–Kier alpha value is -0.650. The van der Waals surface area contributed by atoms with Crippen molar-refractivity contribution in [2.75, 3.05) is 39.9 Å². The maximum atomic E-state index is 11.9. The monoisotopic (exact) mass is 243 g/mol. The van der Waals surface area contributed by atoms with Gasteiger partial charge in [-0.05, 0) is 20.3 Å². The highest BCUT2D eigenvalue weighted by atomic mass is 16.5. The number of piperazine rings is 1. The van der Waals surface area contributed by atoms with E-state index in [0.29, 0.717) is 19.2 Å². The summed E-state index contributed by atoms with van der Waals surface area (Å²) < 4.78 is 4.95. The minimum atomic E-state index is -0.0466. The van der Waals surface area contributed by atoms with Gasteiger partial charge in [-0.1, -0.05) is 0 Å². The number of carbonyl (C=O) groups is 1. The SMILES string of the molecule is COCCCNC(=O)C(C)N1CCNC[C@H]1C. The van der Waals surface area contributed by atoms with Gasteiger partial charge in [-0.2, -0.15) is 0 Å². The summed E-state index contributed by atoms with van der Waals surface area (Å²) in [5.74, 6) is 0.120. The van der Waals surface area contributed by atoms with Gasteiger partial charge in [0.25, 0.3) is 0 Å². The molecule has 0 saturated carbocycles. The number of methoxy groups -OCH3 is 1. The summed E-state index contributed by atoms with van der Waals surface area (Å²) in [5, 5.41) is 6.28. The van der Waals surface area contributed by atoms with E-state index in [0.717, 1.165) is 26.1 Å². The van der Waals surface area contributed by atoms with Crippen LogP contribution in [0.15, 0.2) is 0 Å². The molecule has 5 nitrogen and oxygen atoms in total. The Morgan fingerprint density at radius 1 is 1.65 bits per heavy atom. The van der Waals surface area contributed by atoms with Crippen molar-refractivity contribution in [3.8, 4) is 0 Å². The normalized spacial score (nSPS) is 23.4. The van der Waals surface area contributed by atoms with Crippen LogP contribution in [0.3, 0.4) is 0 Å². The van der Waals surface area contributed by atoms with Gasteiger partial charge in [0, 0.05) is 45.9 Å². The van der Waals surface area contributed by atoms with E-state index in [2.05, 4.69) is 22.5 Å². The predicted octanol–water partition coefficient (Wildman–Crippen LogP) is -0.179. The molecule has 2 atom stereocenters. The number of hydrogen-bond acceptors (Lipinski definition) is 4. The van der Waals surface area contributed by atoms with Crippen LogP contribution in [0.2, 0.25) is 0 Å². The average Bonchev–Trinajstić information content (AvgIpc) is 2.34. The lowest BCUT2D eigenvalue weighted by Gasteiger charge is -2.37. The summed E-state index contributed by atoms with van der Waals surface area (Å²) in [6.07, 6.45) is 0.867. The van der Waals surface area contributed by atoms with E-state index in [1.54, 1.807) is 7.11 Å². The van der Waals surface area contributed by atoms with Gasteiger partial charge in [0.05, 0.1) is 6.04 Å². The second-order valence-electron chi connectivity index (χ2n) is 4.60. The van der Waals surface area contributed by atoms with Gasteiger partial charge in [-0.15, -0.1) is 0 Å². The molecule has 1 unspecified atom stereocenters. The summed E-state index contributed by atoms with van der Waals surface area (Å²) in [6.45, 7) is 8.38. The standard InChI is InChI=1S/C12H25N3O2/c1-10-9-13-6-7-15(10)11(2)12(16)14-5-4-8-17-3/h10-11,13H,4-9H2,1-3H3,(H,14,16)/t10-,11?/m1/s1. The van der Waals surface area contributed by atoms with E-state index < -0.39 is 0 Å². The minimum absolute atomic E-state index is 0.0466. The molecule has 0 aliphatic carbocycles. The molecule has 1 amide bonds. The fourth-order valence-electron chi connectivity index (χ4n) is 2.16.